The van der Waals surface area contributed by atoms with E-state index in [1.807, 2.05) is 12.1 Å². The highest BCUT2D eigenvalue weighted by Gasteiger charge is 2.65. The van der Waals surface area contributed by atoms with Crippen molar-refractivity contribution in [2.24, 2.45) is 21.5 Å². The van der Waals surface area contributed by atoms with Crippen molar-refractivity contribution in [2.75, 3.05) is 19.7 Å². The summed E-state index contributed by atoms with van der Waals surface area (Å²) in [4.78, 5) is 40.4. The number of carbonyl (C=O) groups excluding carboxylic acids is 2. The van der Waals surface area contributed by atoms with E-state index in [1.54, 1.807) is 11.0 Å². The molecule has 1 aromatic heterocycles. The maximum Gasteiger partial charge on any atom is 0.270 e. The molecule has 14 heteroatoms. The molecular weight excluding hydrogens is 533 g/mol. The van der Waals surface area contributed by atoms with Gasteiger partial charge in [0.05, 0.1) is 24.3 Å². The Labute approximate surface area is 235 Å². The maximum absolute atomic E-state index is 13.5. The molecule has 8 N–H and O–H groups in total. The maximum atomic E-state index is 13.5. The van der Waals surface area contributed by atoms with Crippen molar-refractivity contribution >= 4 is 23.7 Å². The van der Waals surface area contributed by atoms with E-state index >= 15 is 0 Å². The monoisotopic (exact) mass is 565 g/mol. The van der Waals surface area contributed by atoms with E-state index in [-0.39, 0.29) is 36.1 Å². The molecule has 0 aliphatic carbocycles. The average molecular weight is 566 g/mol. The van der Waals surface area contributed by atoms with Gasteiger partial charge in [-0.25, -0.2) is 15.0 Å². The number of aromatic nitrogens is 1. The van der Waals surface area contributed by atoms with Gasteiger partial charge in [0, 0.05) is 18.7 Å². The van der Waals surface area contributed by atoms with E-state index in [9.17, 15) is 19.1 Å². The number of nitrogens with zero attached hydrogens (tertiary/aromatic N) is 4. The molecule has 1 unspecified atom stereocenters. The van der Waals surface area contributed by atoms with Crippen LogP contribution >= 0.6 is 0 Å². The fourth-order valence-corrected chi connectivity index (χ4v) is 6.22. The second kappa shape index (κ2) is 9.58. The third kappa shape index (κ3) is 4.29. The van der Waals surface area contributed by atoms with Gasteiger partial charge in [0.15, 0.2) is 17.6 Å². The van der Waals surface area contributed by atoms with Crippen LogP contribution in [0.3, 0.4) is 0 Å². The van der Waals surface area contributed by atoms with Crippen LogP contribution in [0.4, 0.5) is 4.39 Å². The number of aliphatic hydroxyl groups is 1. The van der Waals surface area contributed by atoms with Gasteiger partial charge in [-0.05, 0) is 30.0 Å². The summed E-state index contributed by atoms with van der Waals surface area (Å²) in [6.45, 7) is 4.81. The number of fused-ring (bicyclic) bond motifs is 1. The van der Waals surface area contributed by atoms with Gasteiger partial charge in [0.1, 0.15) is 23.6 Å². The summed E-state index contributed by atoms with van der Waals surface area (Å²) < 4.78 is 19.4. The predicted octanol–water partition coefficient (Wildman–Crippen LogP) is -0.835. The van der Waals surface area contributed by atoms with Crippen LogP contribution in [0, 0.1) is 5.95 Å². The molecule has 1 aromatic carbocycles. The van der Waals surface area contributed by atoms with Crippen LogP contribution in [0.15, 0.2) is 46.4 Å². The highest BCUT2D eigenvalue weighted by atomic mass is 19.1. The van der Waals surface area contributed by atoms with Crippen LogP contribution in [0.2, 0.25) is 0 Å². The molecule has 1 spiro atoms. The molecular formula is C27H32FN9O4. The minimum absolute atomic E-state index is 0.0382. The molecule has 5 atom stereocenters. The number of para-hydroxylation sites is 1. The van der Waals surface area contributed by atoms with Crippen LogP contribution in [0.5, 0.6) is 5.75 Å². The first-order valence-electron chi connectivity index (χ1n) is 13.4. The lowest BCUT2D eigenvalue weighted by atomic mass is 9.79. The molecule has 13 nitrogen and oxygen atoms in total. The highest BCUT2D eigenvalue weighted by molar-refractivity contribution is 5.98. The third-order valence-electron chi connectivity index (χ3n) is 8.35. The van der Waals surface area contributed by atoms with E-state index in [1.165, 1.54) is 12.1 Å². The molecule has 41 heavy (non-hydrogen) atoms. The Morgan fingerprint density at radius 3 is 2.76 bits per heavy atom. The van der Waals surface area contributed by atoms with E-state index in [0.717, 1.165) is 18.1 Å². The second-order valence-corrected chi connectivity index (χ2v) is 11.3. The standard InChI is InChI=1S/C27H32FN9O4/c1-26(2)9-10-41-19-13(5-3-6-14(19)26)22(39)33-17-12-37-25(30)34-16(20-27(37,21(17)38)36-24(29)35-20)11-31-23(40)15-7-4-8-18(28)32-15/h3-8,16-17,20-21,38H,9-12H2,1-2H3,(H2,30,34)(H,31,40)(H,33,39)(H3,29,35,36)/t16-,17?,20-,21+,27-/m0/s1. The number of halogens is 1. The number of aliphatic hydroxyl groups excluding tert-OH is 1. The number of hydrogen-bond acceptors (Lipinski definition) is 11. The number of pyridine rings is 1. The minimum Gasteiger partial charge on any atom is -0.492 e. The highest BCUT2D eigenvalue weighted by Crippen LogP contribution is 2.42. The molecule has 0 bridgehead atoms. The number of amides is 2. The van der Waals surface area contributed by atoms with Gasteiger partial charge in [-0.1, -0.05) is 32.0 Å². The van der Waals surface area contributed by atoms with Crippen LogP contribution in [-0.2, 0) is 5.41 Å². The van der Waals surface area contributed by atoms with Crippen LogP contribution in [-0.4, -0.2) is 88.3 Å². The van der Waals surface area contributed by atoms with E-state index in [2.05, 4.69) is 44.8 Å². The Balaban J connectivity index is 1.23. The number of rotatable bonds is 5. The first-order valence-corrected chi connectivity index (χ1v) is 13.4. The summed E-state index contributed by atoms with van der Waals surface area (Å²) in [7, 11) is 0. The number of benzene rings is 1. The predicted molar refractivity (Wildman–Crippen MR) is 147 cm³/mol. The van der Waals surface area contributed by atoms with Crippen molar-refractivity contribution in [3.05, 3.63) is 59.2 Å². The van der Waals surface area contributed by atoms with Gasteiger partial charge in [-0.2, -0.15) is 4.39 Å². The first-order chi connectivity index (χ1) is 19.5. The summed E-state index contributed by atoms with van der Waals surface area (Å²) in [5.41, 5.74) is 12.2. The number of hydrogen-bond donors (Lipinski definition) is 6. The van der Waals surface area contributed by atoms with Crippen LogP contribution in [0.1, 0.15) is 46.7 Å². The second-order valence-electron chi connectivity index (χ2n) is 11.3. The lowest BCUT2D eigenvalue weighted by Gasteiger charge is -2.46. The Morgan fingerprint density at radius 2 is 1.98 bits per heavy atom. The smallest absolute Gasteiger partial charge is 0.270 e. The summed E-state index contributed by atoms with van der Waals surface area (Å²) in [5.74, 6) is -1.10. The largest absolute Gasteiger partial charge is 0.492 e. The Kier molecular flexibility index (Phi) is 6.25. The molecule has 0 saturated carbocycles. The zero-order chi connectivity index (χ0) is 29.1. The SMILES string of the molecule is CC1(C)CCOc2c(C(=O)NC3CN4C(N)=N[C@@H](CNC(=O)c5cccc(F)n5)[C@@H]5N=C(N)N[C@@]54[C@@H]3O)cccc21. The summed E-state index contributed by atoms with van der Waals surface area (Å²) in [6, 6.07) is 7.13. The van der Waals surface area contributed by atoms with Gasteiger partial charge < -0.3 is 42.2 Å². The Hall–Kier alpha value is -4.46. The lowest BCUT2D eigenvalue weighted by molar-refractivity contribution is 0.0143. The molecule has 5 heterocycles. The summed E-state index contributed by atoms with van der Waals surface area (Å²) >= 11 is 0. The fraction of sp³-hybridized carbons (Fsp3) is 0.444. The van der Waals surface area contributed by atoms with Crippen molar-refractivity contribution < 1.29 is 23.8 Å². The zero-order valence-electron chi connectivity index (χ0n) is 22.6. The quantitative estimate of drug-likeness (QED) is 0.251. The molecule has 4 aliphatic rings. The Morgan fingerprint density at radius 1 is 1.20 bits per heavy atom. The molecule has 216 valence electrons. The van der Waals surface area contributed by atoms with Gasteiger partial charge in [0.2, 0.25) is 5.95 Å². The van der Waals surface area contributed by atoms with Crippen molar-refractivity contribution in [3.8, 4) is 5.75 Å². The van der Waals surface area contributed by atoms with E-state index in [0.29, 0.717) is 17.9 Å². The van der Waals surface area contributed by atoms with Crippen molar-refractivity contribution in [1.82, 2.24) is 25.8 Å². The van der Waals surface area contributed by atoms with Crippen LogP contribution in [0.25, 0.3) is 0 Å². The number of aliphatic imine (C=N–C) groups is 2. The van der Waals surface area contributed by atoms with E-state index < -0.39 is 47.7 Å². The lowest BCUT2D eigenvalue weighted by Crippen LogP contribution is -2.73. The first kappa shape index (κ1) is 26.7. The van der Waals surface area contributed by atoms with Gasteiger partial charge in [-0.3, -0.25) is 9.59 Å². The number of ether oxygens (including phenoxy) is 1. The van der Waals surface area contributed by atoms with Gasteiger partial charge in [0.25, 0.3) is 11.8 Å². The molecule has 2 amide bonds. The molecule has 1 saturated heterocycles. The van der Waals surface area contributed by atoms with Crippen molar-refractivity contribution in [1.29, 1.82) is 0 Å². The normalized spacial score (nSPS) is 29.1. The van der Waals surface area contributed by atoms with E-state index in [4.69, 9.17) is 16.2 Å². The summed E-state index contributed by atoms with van der Waals surface area (Å²) in [5, 5.41) is 20.4. The molecule has 4 aliphatic heterocycles. The number of guanidine groups is 2. The van der Waals surface area contributed by atoms with Gasteiger partial charge >= 0.3 is 0 Å². The Bertz CT molecular complexity index is 1480. The topological polar surface area (TPSA) is 193 Å². The van der Waals surface area contributed by atoms with Gasteiger partial charge in [-0.15, -0.1) is 0 Å². The molecule has 1 fully saturated rings. The van der Waals surface area contributed by atoms with Crippen molar-refractivity contribution in [3.63, 3.8) is 0 Å². The zero-order valence-corrected chi connectivity index (χ0v) is 22.6. The molecule has 0 radical (unpaired) electrons. The molecule has 2 aromatic rings. The van der Waals surface area contributed by atoms with Crippen molar-refractivity contribution in [2.45, 2.75) is 55.6 Å². The number of nitrogens with one attached hydrogen (secondary N) is 3. The molecule has 6 rings (SSSR count). The van der Waals surface area contributed by atoms with Crippen LogP contribution < -0.4 is 32.2 Å². The fourth-order valence-electron chi connectivity index (χ4n) is 6.22. The minimum atomic E-state index is -1.31. The summed E-state index contributed by atoms with van der Waals surface area (Å²) in [6.07, 6.45) is -0.382. The number of carbonyl (C=O) groups is 2. The number of nitrogens with two attached hydrogens (primary N) is 2. The average Bonchev–Trinajstić information content (AvgIpc) is 3.43. The third-order valence-corrected chi connectivity index (χ3v) is 8.35.